The van der Waals surface area contributed by atoms with Gasteiger partial charge in [-0.2, -0.15) is 0 Å². The molecule has 2 aromatic carbocycles. The number of aliphatic imine (C=N–C) groups is 2. The van der Waals surface area contributed by atoms with Crippen LogP contribution in [0.5, 0.6) is 11.5 Å². The molecule has 0 aliphatic carbocycles. The molecular weight excluding hydrogens is 300 g/mol. The van der Waals surface area contributed by atoms with E-state index in [9.17, 15) is 0 Å². The van der Waals surface area contributed by atoms with Crippen LogP contribution in [0.1, 0.15) is 11.1 Å². The van der Waals surface area contributed by atoms with Crippen molar-refractivity contribution in [2.75, 3.05) is 26.3 Å². The SMILES string of the molecule is C1#CCN=Cc2ccccc2OCCOc2ccccc2C=NC1. The topological polar surface area (TPSA) is 43.2 Å². The van der Waals surface area contributed by atoms with Crippen molar-refractivity contribution in [2.45, 2.75) is 0 Å². The molecule has 2 aromatic rings. The van der Waals surface area contributed by atoms with Crippen LogP contribution in [-0.4, -0.2) is 38.7 Å². The monoisotopic (exact) mass is 318 g/mol. The second kappa shape index (κ2) is 8.54. The van der Waals surface area contributed by atoms with Crippen molar-refractivity contribution in [3.8, 4) is 23.3 Å². The maximum absolute atomic E-state index is 5.82. The van der Waals surface area contributed by atoms with Gasteiger partial charge in [0.2, 0.25) is 0 Å². The Morgan fingerprint density at radius 2 is 1.12 bits per heavy atom. The van der Waals surface area contributed by atoms with E-state index >= 15 is 0 Å². The molecule has 120 valence electrons. The van der Waals surface area contributed by atoms with Crippen molar-refractivity contribution in [1.82, 2.24) is 0 Å². The van der Waals surface area contributed by atoms with E-state index in [1.807, 2.05) is 48.5 Å². The van der Waals surface area contributed by atoms with Gasteiger partial charge in [-0.1, -0.05) is 36.1 Å². The van der Waals surface area contributed by atoms with E-state index in [2.05, 4.69) is 21.8 Å². The summed E-state index contributed by atoms with van der Waals surface area (Å²) in [6.07, 6.45) is 3.57. The van der Waals surface area contributed by atoms with Gasteiger partial charge in [0, 0.05) is 23.6 Å². The van der Waals surface area contributed by atoms with Gasteiger partial charge in [-0.25, -0.2) is 0 Å². The first-order chi connectivity index (χ1) is 11.9. The zero-order valence-electron chi connectivity index (χ0n) is 13.3. The second-order valence-corrected chi connectivity index (χ2v) is 5.07. The molecule has 0 aromatic heterocycles. The van der Waals surface area contributed by atoms with E-state index in [4.69, 9.17) is 9.47 Å². The van der Waals surface area contributed by atoms with E-state index < -0.39 is 0 Å². The Morgan fingerprint density at radius 3 is 1.62 bits per heavy atom. The molecule has 0 saturated carbocycles. The Balaban J connectivity index is 1.80. The van der Waals surface area contributed by atoms with Gasteiger partial charge >= 0.3 is 0 Å². The molecule has 0 atom stereocenters. The Kier molecular flexibility index (Phi) is 5.63. The van der Waals surface area contributed by atoms with Gasteiger partial charge in [0.15, 0.2) is 0 Å². The number of ether oxygens (including phenoxy) is 2. The van der Waals surface area contributed by atoms with Gasteiger partial charge in [-0.05, 0) is 24.3 Å². The third-order valence-corrected chi connectivity index (χ3v) is 3.36. The third-order valence-electron chi connectivity index (χ3n) is 3.36. The smallest absolute Gasteiger partial charge is 0.128 e. The molecule has 4 nitrogen and oxygen atoms in total. The van der Waals surface area contributed by atoms with E-state index in [1.54, 1.807) is 12.4 Å². The number of para-hydroxylation sites is 2. The van der Waals surface area contributed by atoms with Gasteiger partial charge in [0.1, 0.15) is 24.7 Å². The fourth-order valence-corrected chi connectivity index (χ4v) is 2.23. The third kappa shape index (κ3) is 4.47. The van der Waals surface area contributed by atoms with Gasteiger partial charge in [0.05, 0.1) is 13.1 Å². The number of hydrogen-bond donors (Lipinski definition) is 0. The molecule has 0 radical (unpaired) electrons. The molecule has 1 aliphatic rings. The van der Waals surface area contributed by atoms with Gasteiger partial charge < -0.3 is 9.47 Å². The van der Waals surface area contributed by atoms with E-state index in [-0.39, 0.29) is 0 Å². The van der Waals surface area contributed by atoms with Crippen LogP contribution in [-0.2, 0) is 0 Å². The zero-order chi connectivity index (χ0) is 16.5. The van der Waals surface area contributed by atoms with Gasteiger partial charge in [-0.15, -0.1) is 0 Å². The van der Waals surface area contributed by atoms with Crippen molar-refractivity contribution in [3.63, 3.8) is 0 Å². The normalized spacial score (nSPS) is 14.3. The number of nitrogens with zero attached hydrogens (tertiary/aromatic N) is 2. The Hall–Kier alpha value is -3.06. The number of benzene rings is 2. The molecule has 0 fully saturated rings. The molecule has 4 heteroatoms. The fourth-order valence-electron chi connectivity index (χ4n) is 2.23. The number of hydrogen-bond acceptors (Lipinski definition) is 4. The maximum Gasteiger partial charge on any atom is 0.128 e. The minimum absolute atomic E-state index is 0.448. The average molecular weight is 318 g/mol. The Bertz CT molecular complexity index is 735. The van der Waals surface area contributed by atoms with Crippen molar-refractivity contribution in [3.05, 3.63) is 59.7 Å². The molecule has 0 saturated heterocycles. The molecule has 1 heterocycles. The van der Waals surface area contributed by atoms with Crippen LogP contribution in [0.2, 0.25) is 0 Å². The summed E-state index contributed by atoms with van der Waals surface area (Å²) < 4.78 is 11.6. The lowest BCUT2D eigenvalue weighted by atomic mass is 10.2. The zero-order valence-corrected chi connectivity index (χ0v) is 13.3. The summed E-state index contributed by atoms with van der Waals surface area (Å²) in [5.41, 5.74) is 1.87. The molecular formula is C20H18N2O2. The lowest BCUT2D eigenvalue weighted by Gasteiger charge is -2.11. The van der Waals surface area contributed by atoms with E-state index in [0.29, 0.717) is 26.3 Å². The Morgan fingerprint density at radius 1 is 0.667 bits per heavy atom. The van der Waals surface area contributed by atoms with Crippen molar-refractivity contribution in [2.24, 2.45) is 9.98 Å². The predicted molar refractivity (Wildman–Crippen MR) is 96.6 cm³/mol. The predicted octanol–water partition coefficient (Wildman–Crippen LogP) is 3.00. The van der Waals surface area contributed by atoms with Gasteiger partial charge in [-0.3, -0.25) is 9.98 Å². The highest BCUT2D eigenvalue weighted by molar-refractivity contribution is 5.84. The van der Waals surface area contributed by atoms with Gasteiger partial charge in [0.25, 0.3) is 0 Å². The van der Waals surface area contributed by atoms with E-state index in [1.165, 1.54) is 0 Å². The highest BCUT2D eigenvalue weighted by Crippen LogP contribution is 2.18. The van der Waals surface area contributed by atoms with E-state index in [0.717, 1.165) is 22.6 Å². The second-order valence-electron chi connectivity index (χ2n) is 5.07. The summed E-state index contributed by atoms with van der Waals surface area (Å²) in [5.74, 6) is 7.56. The first-order valence-electron chi connectivity index (χ1n) is 7.82. The fraction of sp³-hybridized carbons (Fsp3) is 0.200. The Labute approximate surface area is 141 Å². The van der Waals surface area contributed by atoms with Crippen LogP contribution >= 0.6 is 0 Å². The largest absolute Gasteiger partial charge is 0.489 e. The lowest BCUT2D eigenvalue weighted by molar-refractivity contribution is 0.217. The van der Waals surface area contributed by atoms with Crippen LogP contribution in [0.15, 0.2) is 58.5 Å². The number of rotatable bonds is 0. The molecule has 3 rings (SSSR count). The molecule has 0 amide bonds. The molecule has 0 N–H and O–H groups in total. The average Bonchev–Trinajstić information content (AvgIpc) is 2.62. The summed E-state index contributed by atoms with van der Waals surface area (Å²) in [5, 5.41) is 0. The van der Waals surface area contributed by atoms with Crippen LogP contribution in [0.4, 0.5) is 0 Å². The molecule has 1 aliphatic heterocycles. The van der Waals surface area contributed by atoms with Crippen LogP contribution in [0, 0.1) is 11.8 Å². The van der Waals surface area contributed by atoms with Crippen LogP contribution in [0.3, 0.4) is 0 Å². The highest BCUT2D eigenvalue weighted by Gasteiger charge is 2.03. The maximum atomic E-state index is 5.82. The molecule has 0 spiro atoms. The van der Waals surface area contributed by atoms with Crippen molar-refractivity contribution < 1.29 is 9.47 Å². The standard InChI is InChI=1S/C20H18N2O2/c1-3-9-19-17(7-1)15-21-11-5-6-12-22-16-18-8-2-4-10-20(18)24-14-13-23-19/h1-4,7-10,15-16H,11-14H2. The summed E-state index contributed by atoms with van der Waals surface area (Å²) in [4.78, 5) is 8.63. The minimum atomic E-state index is 0.448. The lowest BCUT2D eigenvalue weighted by Crippen LogP contribution is -2.11. The summed E-state index contributed by atoms with van der Waals surface area (Å²) >= 11 is 0. The van der Waals surface area contributed by atoms with Crippen LogP contribution in [0.25, 0.3) is 0 Å². The molecule has 24 heavy (non-hydrogen) atoms. The highest BCUT2D eigenvalue weighted by atomic mass is 16.5. The quantitative estimate of drug-likeness (QED) is 0.701. The summed E-state index contributed by atoms with van der Waals surface area (Å²) in [7, 11) is 0. The molecule has 0 bridgehead atoms. The summed E-state index contributed by atoms with van der Waals surface area (Å²) in [6.45, 7) is 1.80. The van der Waals surface area contributed by atoms with Crippen LogP contribution < -0.4 is 9.47 Å². The number of fused-ring (bicyclic) bond motifs is 2. The van der Waals surface area contributed by atoms with Crippen molar-refractivity contribution in [1.29, 1.82) is 0 Å². The van der Waals surface area contributed by atoms with Crippen molar-refractivity contribution >= 4 is 12.4 Å². The first-order valence-corrected chi connectivity index (χ1v) is 7.82. The first kappa shape index (κ1) is 15.8. The molecule has 0 unspecified atom stereocenters. The minimum Gasteiger partial charge on any atom is -0.489 e. The summed E-state index contributed by atoms with van der Waals surface area (Å²) in [6, 6.07) is 15.6.